The fourth-order valence-electron chi connectivity index (χ4n) is 10.5. The van der Waals surface area contributed by atoms with Crippen LogP contribution in [-0.4, -0.2) is 36.2 Å². The van der Waals surface area contributed by atoms with Crippen LogP contribution in [0.15, 0.2) is 146 Å². The van der Waals surface area contributed by atoms with Gasteiger partial charge in [-0.3, -0.25) is 9.13 Å². The molecule has 6 nitrogen and oxygen atoms in total. The summed E-state index contributed by atoms with van der Waals surface area (Å²) in [6.45, 7) is 0. The Morgan fingerprint density at radius 2 is 0.981 bits per heavy atom. The van der Waals surface area contributed by atoms with Gasteiger partial charge in [0.15, 0.2) is 5.82 Å². The Bertz CT molecular complexity index is 2860. The molecule has 54 heavy (non-hydrogen) atoms. The lowest BCUT2D eigenvalue weighted by Gasteiger charge is -2.44. The molecular formula is C48H38N6. The number of benzene rings is 6. The summed E-state index contributed by atoms with van der Waals surface area (Å²) in [4.78, 5) is 18.9. The predicted octanol–water partition coefficient (Wildman–Crippen LogP) is 11.2. The fraction of sp³-hybridized carbons (Fsp3) is 0.188. The van der Waals surface area contributed by atoms with E-state index in [1.165, 1.54) is 70.5 Å². The molecule has 6 aromatic carbocycles. The van der Waals surface area contributed by atoms with E-state index in [1.807, 2.05) is 0 Å². The third kappa shape index (κ3) is 4.49. The van der Waals surface area contributed by atoms with Crippen LogP contribution in [0.3, 0.4) is 0 Å². The molecule has 12 rings (SSSR count). The topological polar surface area (TPSA) is 51.8 Å². The fourth-order valence-corrected chi connectivity index (χ4v) is 10.5. The summed E-state index contributed by atoms with van der Waals surface area (Å²) >= 11 is 0. The highest BCUT2D eigenvalue weighted by Gasteiger charge is 2.48. The molecule has 260 valence electrons. The Balaban J connectivity index is 1.10. The van der Waals surface area contributed by atoms with Crippen LogP contribution in [-0.2, 0) is 0 Å². The number of hydrogen-bond acceptors (Lipinski definition) is 4. The van der Waals surface area contributed by atoms with Crippen LogP contribution in [0.5, 0.6) is 0 Å². The van der Waals surface area contributed by atoms with E-state index in [2.05, 4.69) is 160 Å². The van der Waals surface area contributed by atoms with Crippen LogP contribution in [0.4, 0.5) is 5.69 Å². The second-order valence-corrected chi connectivity index (χ2v) is 15.6. The van der Waals surface area contributed by atoms with Gasteiger partial charge in [0.05, 0.1) is 22.1 Å². The van der Waals surface area contributed by atoms with Crippen molar-refractivity contribution in [2.24, 2.45) is 11.8 Å². The molecule has 0 N–H and O–H groups in total. The smallest absolute Gasteiger partial charge is 0.240 e. The first-order valence-corrected chi connectivity index (χ1v) is 19.5. The summed E-state index contributed by atoms with van der Waals surface area (Å²) in [5, 5.41) is 4.70. The molecule has 1 aliphatic heterocycles. The van der Waals surface area contributed by atoms with Gasteiger partial charge in [-0.25, -0.2) is 0 Å². The molecule has 3 aromatic heterocycles. The Morgan fingerprint density at radius 3 is 1.69 bits per heavy atom. The van der Waals surface area contributed by atoms with Crippen molar-refractivity contribution in [2.75, 3.05) is 4.90 Å². The average Bonchev–Trinajstić information content (AvgIpc) is 3.84. The van der Waals surface area contributed by atoms with Gasteiger partial charge in [-0.05, 0) is 97.5 Å². The molecule has 3 aliphatic rings. The Kier molecular flexibility index (Phi) is 6.50. The van der Waals surface area contributed by atoms with Crippen LogP contribution in [0.2, 0.25) is 0 Å². The monoisotopic (exact) mass is 698 g/mol. The average molecular weight is 699 g/mol. The van der Waals surface area contributed by atoms with Gasteiger partial charge in [-0.2, -0.15) is 15.0 Å². The van der Waals surface area contributed by atoms with E-state index in [1.54, 1.807) is 0 Å². The largest absolute Gasteiger partial charge is 0.366 e. The Hall–Kier alpha value is -6.27. The number of piperidine rings is 1. The van der Waals surface area contributed by atoms with Gasteiger partial charge in [-0.15, -0.1) is 0 Å². The number of anilines is 1. The first kappa shape index (κ1) is 30.2. The summed E-state index contributed by atoms with van der Waals surface area (Å²) in [7, 11) is 0. The SMILES string of the molecule is c1ccc(-c2ccc3c(c2)c2ccccc2n3-c2nc(-c3cccc(N4C5CCC6CC4CC6C5)c3)nc(-n3c4ccccc4c4ccccc43)n2)cc1. The maximum absolute atomic E-state index is 5.39. The lowest BCUT2D eigenvalue weighted by atomic mass is 9.78. The van der Waals surface area contributed by atoms with Gasteiger partial charge in [0.2, 0.25) is 11.9 Å². The molecule has 2 aliphatic carbocycles. The van der Waals surface area contributed by atoms with Crippen molar-refractivity contribution in [1.29, 1.82) is 0 Å². The molecule has 3 bridgehead atoms. The summed E-state index contributed by atoms with van der Waals surface area (Å²) in [6, 6.07) is 53.4. The highest BCUT2D eigenvalue weighted by Crippen LogP contribution is 2.52. The zero-order chi connectivity index (χ0) is 35.3. The quantitative estimate of drug-likeness (QED) is 0.180. The third-order valence-corrected chi connectivity index (χ3v) is 12.8. The molecule has 0 radical (unpaired) electrons. The van der Waals surface area contributed by atoms with E-state index in [9.17, 15) is 0 Å². The van der Waals surface area contributed by atoms with Crippen molar-refractivity contribution in [3.63, 3.8) is 0 Å². The Morgan fingerprint density at radius 1 is 0.407 bits per heavy atom. The van der Waals surface area contributed by atoms with Gasteiger partial charge in [-0.1, -0.05) is 103 Å². The van der Waals surface area contributed by atoms with Crippen LogP contribution in [0.25, 0.3) is 78.0 Å². The van der Waals surface area contributed by atoms with Gasteiger partial charge < -0.3 is 4.90 Å². The van der Waals surface area contributed by atoms with E-state index in [4.69, 9.17) is 15.0 Å². The molecule has 9 aromatic rings. The number of hydrogen-bond donors (Lipinski definition) is 0. The molecule has 4 unspecified atom stereocenters. The third-order valence-electron chi connectivity index (χ3n) is 12.8. The van der Waals surface area contributed by atoms with Gasteiger partial charge in [0.25, 0.3) is 0 Å². The minimum absolute atomic E-state index is 0.608. The normalized spacial score (nSPS) is 20.6. The highest BCUT2D eigenvalue weighted by atomic mass is 15.3. The maximum Gasteiger partial charge on any atom is 0.240 e. The van der Waals surface area contributed by atoms with E-state index in [0.29, 0.717) is 29.8 Å². The van der Waals surface area contributed by atoms with E-state index in [0.717, 1.165) is 39.5 Å². The minimum atomic E-state index is 0.608. The Labute approximate surface area is 313 Å². The predicted molar refractivity (Wildman–Crippen MR) is 219 cm³/mol. The van der Waals surface area contributed by atoms with Crippen molar-refractivity contribution < 1.29 is 0 Å². The standard InChI is InChI=1S/C48H38N6/c1-2-11-30(12-3-1)32-22-24-45-41(29-32)40-17-6-9-20-44(40)54(45)48-50-46(33-13-10-14-35(26-33)52-36-23-21-31-25-37(52)28-34(31)27-36)49-47(51-48)53-42-18-7-4-15-38(42)39-16-5-8-19-43(39)53/h1-20,22,24,26,29,31,34,36-37H,21,23,25,27-28H2. The highest BCUT2D eigenvalue weighted by molar-refractivity contribution is 6.11. The number of para-hydroxylation sites is 3. The number of nitrogens with zero attached hydrogens (tertiary/aromatic N) is 6. The summed E-state index contributed by atoms with van der Waals surface area (Å²) in [6.07, 6.45) is 6.68. The van der Waals surface area contributed by atoms with Crippen molar-refractivity contribution in [1.82, 2.24) is 24.1 Å². The first-order chi connectivity index (χ1) is 26.7. The molecule has 1 saturated heterocycles. The number of fused-ring (bicyclic) bond motifs is 8. The zero-order valence-corrected chi connectivity index (χ0v) is 29.9. The zero-order valence-electron chi connectivity index (χ0n) is 29.9. The molecular weight excluding hydrogens is 661 g/mol. The van der Waals surface area contributed by atoms with Gasteiger partial charge in [0, 0.05) is 44.9 Å². The van der Waals surface area contributed by atoms with E-state index >= 15 is 0 Å². The lowest BCUT2D eigenvalue weighted by Crippen LogP contribution is -2.47. The summed E-state index contributed by atoms with van der Waals surface area (Å²) in [5.41, 5.74) is 8.98. The molecule has 2 saturated carbocycles. The van der Waals surface area contributed by atoms with Crippen molar-refractivity contribution in [3.8, 4) is 34.4 Å². The summed E-state index contributed by atoms with van der Waals surface area (Å²) in [5.74, 6) is 3.73. The van der Waals surface area contributed by atoms with Gasteiger partial charge >= 0.3 is 0 Å². The summed E-state index contributed by atoms with van der Waals surface area (Å²) < 4.78 is 4.44. The van der Waals surface area contributed by atoms with Crippen molar-refractivity contribution in [3.05, 3.63) is 146 Å². The second kappa shape index (κ2) is 11.6. The molecule has 4 heterocycles. The van der Waals surface area contributed by atoms with Crippen LogP contribution < -0.4 is 4.90 Å². The van der Waals surface area contributed by atoms with E-state index < -0.39 is 0 Å². The molecule has 3 fully saturated rings. The second-order valence-electron chi connectivity index (χ2n) is 15.6. The van der Waals surface area contributed by atoms with Crippen molar-refractivity contribution >= 4 is 49.3 Å². The molecule has 0 spiro atoms. The van der Waals surface area contributed by atoms with Gasteiger partial charge in [0.1, 0.15) is 0 Å². The number of aromatic nitrogens is 5. The van der Waals surface area contributed by atoms with Crippen molar-refractivity contribution in [2.45, 2.75) is 44.2 Å². The van der Waals surface area contributed by atoms with E-state index in [-0.39, 0.29) is 0 Å². The molecule has 6 heteroatoms. The van der Waals surface area contributed by atoms with Crippen LogP contribution >= 0.6 is 0 Å². The first-order valence-electron chi connectivity index (χ1n) is 19.5. The van der Waals surface area contributed by atoms with Crippen LogP contribution in [0, 0.1) is 11.8 Å². The molecule has 0 amide bonds. The molecule has 4 atom stereocenters. The van der Waals surface area contributed by atoms with Crippen LogP contribution in [0.1, 0.15) is 32.1 Å². The number of rotatable bonds is 5. The maximum atomic E-state index is 5.39. The lowest BCUT2D eigenvalue weighted by molar-refractivity contribution is 0.234. The minimum Gasteiger partial charge on any atom is -0.366 e.